The minimum Gasteiger partial charge on any atom is -0.398 e. The van der Waals surface area contributed by atoms with E-state index in [0.717, 1.165) is 18.2 Å². The average Bonchev–Trinajstić information content (AvgIpc) is 3.17. The molecular formula is C13H17N3O2. The van der Waals surface area contributed by atoms with Gasteiger partial charge in [0, 0.05) is 36.1 Å². The summed E-state index contributed by atoms with van der Waals surface area (Å²) in [7, 11) is 0. The van der Waals surface area contributed by atoms with Crippen molar-refractivity contribution in [1.82, 2.24) is 0 Å². The highest BCUT2D eigenvalue weighted by molar-refractivity contribution is 5.63. The Hall–Kier alpha value is -1.78. The third-order valence-electron chi connectivity index (χ3n) is 3.61. The van der Waals surface area contributed by atoms with Gasteiger partial charge in [-0.3, -0.25) is 10.1 Å². The standard InChI is InChI=1S/C13H17N3O2/c14-10-5-12(7-13(6-10)16(17)18)15(11-3-4-11)8-9-1-2-9/h5-7,9,11H,1-4,8,14H2. The molecule has 1 aromatic carbocycles. The van der Waals surface area contributed by atoms with Crippen LogP contribution in [-0.2, 0) is 0 Å². The van der Waals surface area contributed by atoms with Crippen molar-refractivity contribution >= 4 is 17.1 Å². The van der Waals surface area contributed by atoms with Gasteiger partial charge in [0.1, 0.15) is 0 Å². The topological polar surface area (TPSA) is 72.4 Å². The summed E-state index contributed by atoms with van der Waals surface area (Å²) in [6, 6.07) is 5.49. The van der Waals surface area contributed by atoms with Gasteiger partial charge in [-0.15, -0.1) is 0 Å². The number of nitrogen functional groups attached to an aromatic ring is 1. The van der Waals surface area contributed by atoms with Gasteiger partial charge >= 0.3 is 0 Å². The number of nitro benzene ring substituents is 1. The van der Waals surface area contributed by atoms with Gasteiger partial charge in [-0.1, -0.05) is 0 Å². The molecule has 2 N–H and O–H groups in total. The van der Waals surface area contributed by atoms with E-state index in [4.69, 9.17) is 5.73 Å². The summed E-state index contributed by atoms with van der Waals surface area (Å²) in [4.78, 5) is 12.8. The second-order valence-electron chi connectivity index (χ2n) is 5.37. The predicted molar refractivity (Wildman–Crippen MR) is 70.6 cm³/mol. The molecule has 0 saturated heterocycles. The summed E-state index contributed by atoms with van der Waals surface area (Å²) in [5.74, 6) is 0.770. The molecule has 0 radical (unpaired) electrons. The number of nitrogens with zero attached hydrogens (tertiary/aromatic N) is 2. The second kappa shape index (κ2) is 4.15. The lowest BCUT2D eigenvalue weighted by Crippen LogP contribution is -2.28. The Balaban J connectivity index is 1.89. The molecular weight excluding hydrogens is 230 g/mol. The van der Waals surface area contributed by atoms with Crippen molar-refractivity contribution in [2.24, 2.45) is 5.92 Å². The largest absolute Gasteiger partial charge is 0.398 e. The van der Waals surface area contributed by atoms with E-state index in [9.17, 15) is 10.1 Å². The normalized spacial score (nSPS) is 18.7. The Labute approximate surface area is 106 Å². The van der Waals surface area contributed by atoms with Gasteiger partial charge < -0.3 is 10.6 Å². The summed E-state index contributed by atoms with van der Waals surface area (Å²) in [6.45, 7) is 1.02. The van der Waals surface area contributed by atoms with Gasteiger partial charge in [0.2, 0.25) is 0 Å². The number of benzene rings is 1. The molecule has 0 spiro atoms. The SMILES string of the molecule is Nc1cc(N(CC2CC2)C2CC2)cc([N+](=O)[O-])c1. The maximum atomic E-state index is 10.9. The van der Waals surface area contributed by atoms with E-state index < -0.39 is 0 Å². The molecule has 18 heavy (non-hydrogen) atoms. The molecule has 3 rings (SSSR count). The first-order valence-electron chi connectivity index (χ1n) is 6.45. The number of nitrogens with two attached hydrogens (primary N) is 1. The van der Waals surface area contributed by atoms with Gasteiger partial charge in [0.15, 0.2) is 0 Å². The highest BCUT2D eigenvalue weighted by Crippen LogP contribution is 2.39. The van der Waals surface area contributed by atoms with Crippen molar-refractivity contribution in [2.75, 3.05) is 17.2 Å². The minimum absolute atomic E-state index is 0.0893. The van der Waals surface area contributed by atoms with Crippen LogP contribution in [0.2, 0.25) is 0 Å². The zero-order chi connectivity index (χ0) is 12.7. The van der Waals surface area contributed by atoms with Crippen LogP contribution < -0.4 is 10.6 Å². The summed E-state index contributed by atoms with van der Waals surface area (Å²) < 4.78 is 0. The quantitative estimate of drug-likeness (QED) is 0.493. The fraction of sp³-hybridized carbons (Fsp3) is 0.538. The first kappa shape index (κ1) is 11.3. The van der Waals surface area contributed by atoms with Crippen LogP contribution in [0.15, 0.2) is 18.2 Å². The Morgan fingerprint density at radius 3 is 2.56 bits per heavy atom. The second-order valence-corrected chi connectivity index (χ2v) is 5.37. The van der Waals surface area contributed by atoms with E-state index in [0.29, 0.717) is 11.7 Å². The molecule has 2 aliphatic carbocycles. The molecule has 0 atom stereocenters. The van der Waals surface area contributed by atoms with E-state index in [1.807, 2.05) is 6.07 Å². The van der Waals surface area contributed by atoms with Crippen LogP contribution in [0.25, 0.3) is 0 Å². The molecule has 0 heterocycles. The summed E-state index contributed by atoms with van der Waals surface area (Å²) in [5, 5.41) is 10.9. The third kappa shape index (κ3) is 2.39. The van der Waals surface area contributed by atoms with Gasteiger partial charge in [0.05, 0.1) is 4.92 Å². The summed E-state index contributed by atoms with van der Waals surface area (Å²) in [5.41, 5.74) is 7.25. The number of anilines is 2. The molecule has 0 bridgehead atoms. The average molecular weight is 247 g/mol. The van der Waals surface area contributed by atoms with Crippen molar-refractivity contribution in [3.63, 3.8) is 0 Å². The zero-order valence-electron chi connectivity index (χ0n) is 10.2. The highest BCUT2D eigenvalue weighted by Gasteiger charge is 2.34. The molecule has 0 unspecified atom stereocenters. The Morgan fingerprint density at radius 2 is 2.00 bits per heavy atom. The summed E-state index contributed by atoms with van der Waals surface area (Å²) in [6.07, 6.45) is 4.95. The minimum atomic E-state index is -0.373. The highest BCUT2D eigenvalue weighted by atomic mass is 16.6. The lowest BCUT2D eigenvalue weighted by Gasteiger charge is -2.24. The first-order valence-corrected chi connectivity index (χ1v) is 6.45. The van der Waals surface area contributed by atoms with Crippen molar-refractivity contribution in [3.05, 3.63) is 28.3 Å². The maximum Gasteiger partial charge on any atom is 0.273 e. The maximum absolute atomic E-state index is 10.9. The number of hydrogen-bond donors (Lipinski definition) is 1. The van der Waals surface area contributed by atoms with Gasteiger partial charge in [-0.25, -0.2) is 0 Å². The molecule has 2 fully saturated rings. The molecule has 0 amide bonds. The van der Waals surface area contributed by atoms with Gasteiger partial charge in [-0.2, -0.15) is 0 Å². The molecule has 5 nitrogen and oxygen atoms in total. The van der Waals surface area contributed by atoms with E-state index in [-0.39, 0.29) is 10.6 Å². The third-order valence-corrected chi connectivity index (χ3v) is 3.61. The van der Waals surface area contributed by atoms with Crippen LogP contribution in [0.3, 0.4) is 0 Å². The molecule has 96 valence electrons. The fourth-order valence-electron chi connectivity index (χ4n) is 2.32. The molecule has 0 aliphatic heterocycles. The summed E-state index contributed by atoms with van der Waals surface area (Å²) >= 11 is 0. The molecule has 2 saturated carbocycles. The zero-order valence-corrected chi connectivity index (χ0v) is 10.2. The van der Waals surface area contributed by atoms with Crippen molar-refractivity contribution in [2.45, 2.75) is 31.7 Å². The van der Waals surface area contributed by atoms with E-state index in [1.165, 1.54) is 31.7 Å². The first-order chi connectivity index (χ1) is 8.63. The van der Waals surface area contributed by atoms with Crippen LogP contribution in [-0.4, -0.2) is 17.5 Å². The molecule has 5 heteroatoms. The number of hydrogen-bond acceptors (Lipinski definition) is 4. The van der Waals surface area contributed by atoms with Crippen molar-refractivity contribution < 1.29 is 4.92 Å². The Kier molecular flexibility index (Phi) is 2.61. The van der Waals surface area contributed by atoms with Crippen LogP contribution in [0.5, 0.6) is 0 Å². The Morgan fingerprint density at radius 1 is 1.28 bits per heavy atom. The van der Waals surface area contributed by atoms with Crippen LogP contribution in [0.4, 0.5) is 17.1 Å². The Bertz CT molecular complexity index is 481. The number of rotatable bonds is 5. The number of non-ortho nitro benzene ring substituents is 1. The lowest BCUT2D eigenvalue weighted by molar-refractivity contribution is -0.384. The van der Waals surface area contributed by atoms with Gasteiger partial charge in [-0.05, 0) is 37.7 Å². The molecule has 2 aliphatic rings. The number of nitro groups is 1. The van der Waals surface area contributed by atoms with E-state index in [2.05, 4.69) is 4.90 Å². The van der Waals surface area contributed by atoms with E-state index >= 15 is 0 Å². The monoisotopic (exact) mass is 247 g/mol. The predicted octanol–water partition coefficient (Wildman–Crippen LogP) is 2.56. The molecule has 0 aromatic heterocycles. The van der Waals surface area contributed by atoms with Crippen LogP contribution in [0, 0.1) is 16.0 Å². The molecule has 1 aromatic rings. The van der Waals surface area contributed by atoms with Gasteiger partial charge in [0.25, 0.3) is 5.69 Å². The van der Waals surface area contributed by atoms with Crippen molar-refractivity contribution in [3.8, 4) is 0 Å². The fourth-order valence-corrected chi connectivity index (χ4v) is 2.32. The lowest BCUT2D eigenvalue weighted by atomic mass is 10.2. The van der Waals surface area contributed by atoms with Crippen LogP contribution >= 0.6 is 0 Å². The van der Waals surface area contributed by atoms with Crippen molar-refractivity contribution in [1.29, 1.82) is 0 Å². The smallest absolute Gasteiger partial charge is 0.273 e. The van der Waals surface area contributed by atoms with E-state index in [1.54, 1.807) is 6.07 Å². The van der Waals surface area contributed by atoms with Crippen LogP contribution in [0.1, 0.15) is 25.7 Å².